The summed E-state index contributed by atoms with van der Waals surface area (Å²) >= 11 is 0. The predicted molar refractivity (Wildman–Crippen MR) is 74.0 cm³/mol. The fourth-order valence-electron chi connectivity index (χ4n) is 2.79. The smallest absolute Gasteiger partial charge is 0.309 e. The molecule has 1 aliphatic carbocycles. The zero-order chi connectivity index (χ0) is 15.7. The molecule has 2 amide bonds. The van der Waals surface area contributed by atoms with Crippen molar-refractivity contribution in [1.82, 2.24) is 10.2 Å². The third kappa shape index (κ3) is 2.64. The molecule has 0 aromatic rings. The summed E-state index contributed by atoms with van der Waals surface area (Å²) in [6.07, 6.45) is 0.993. The fourth-order valence-corrected chi connectivity index (χ4v) is 2.79. The lowest BCUT2D eigenvalue weighted by Crippen LogP contribution is -2.47. The molecule has 1 fully saturated rings. The third-order valence-corrected chi connectivity index (χ3v) is 4.93. The summed E-state index contributed by atoms with van der Waals surface area (Å²) in [4.78, 5) is 36.6. The van der Waals surface area contributed by atoms with Crippen LogP contribution in [0.15, 0.2) is 0 Å². The molecule has 20 heavy (non-hydrogen) atoms. The first-order chi connectivity index (χ1) is 9.04. The number of hydrogen-bond acceptors (Lipinski definition) is 3. The molecule has 0 saturated heterocycles. The summed E-state index contributed by atoms with van der Waals surface area (Å²) in [5.74, 6) is -1.69. The zero-order valence-electron chi connectivity index (χ0n) is 12.8. The molecule has 2 N–H and O–H groups in total. The SMILES string of the molecule is CN(C)C(=O)CNC(=O)[C@H]1CC[C@@](C)(C(=O)O)C1(C)C. The van der Waals surface area contributed by atoms with E-state index >= 15 is 0 Å². The minimum absolute atomic E-state index is 0.0534. The Hall–Kier alpha value is -1.59. The van der Waals surface area contributed by atoms with Gasteiger partial charge in [0.1, 0.15) is 0 Å². The van der Waals surface area contributed by atoms with Crippen LogP contribution in [0.3, 0.4) is 0 Å². The average Bonchev–Trinajstić information content (AvgIpc) is 2.58. The summed E-state index contributed by atoms with van der Waals surface area (Å²) in [7, 11) is 3.24. The summed E-state index contributed by atoms with van der Waals surface area (Å²) in [6.45, 7) is 5.26. The maximum atomic E-state index is 12.2. The fraction of sp³-hybridized carbons (Fsp3) is 0.786. The zero-order valence-corrected chi connectivity index (χ0v) is 12.8. The Morgan fingerprint density at radius 3 is 2.20 bits per heavy atom. The lowest BCUT2D eigenvalue weighted by Gasteiger charge is -2.37. The van der Waals surface area contributed by atoms with E-state index in [0.29, 0.717) is 12.8 Å². The molecule has 0 aliphatic heterocycles. The topological polar surface area (TPSA) is 86.7 Å². The van der Waals surface area contributed by atoms with Crippen molar-refractivity contribution in [2.45, 2.75) is 33.6 Å². The largest absolute Gasteiger partial charge is 0.481 e. The van der Waals surface area contributed by atoms with E-state index in [-0.39, 0.29) is 18.4 Å². The normalized spacial score (nSPS) is 27.9. The number of nitrogens with zero attached hydrogens (tertiary/aromatic N) is 1. The molecular formula is C14H24N2O4. The number of carbonyl (C=O) groups is 3. The Bertz CT molecular complexity index is 431. The maximum absolute atomic E-state index is 12.2. The van der Waals surface area contributed by atoms with Crippen LogP contribution >= 0.6 is 0 Å². The molecule has 0 spiro atoms. The number of likely N-dealkylation sites (N-methyl/N-ethyl adjacent to an activating group) is 1. The average molecular weight is 284 g/mol. The molecule has 6 heteroatoms. The van der Waals surface area contributed by atoms with E-state index in [2.05, 4.69) is 5.32 Å². The monoisotopic (exact) mass is 284 g/mol. The second-order valence-corrected chi connectivity index (χ2v) is 6.46. The van der Waals surface area contributed by atoms with E-state index in [4.69, 9.17) is 0 Å². The number of hydrogen-bond donors (Lipinski definition) is 2. The lowest BCUT2D eigenvalue weighted by atomic mass is 9.65. The second-order valence-electron chi connectivity index (χ2n) is 6.46. The Morgan fingerprint density at radius 1 is 1.25 bits per heavy atom. The highest BCUT2D eigenvalue weighted by Gasteiger charge is 2.58. The molecule has 6 nitrogen and oxygen atoms in total. The van der Waals surface area contributed by atoms with Gasteiger partial charge in [-0.3, -0.25) is 14.4 Å². The van der Waals surface area contributed by atoms with Gasteiger partial charge in [0.2, 0.25) is 11.8 Å². The molecule has 1 saturated carbocycles. The molecule has 2 atom stereocenters. The molecule has 0 bridgehead atoms. The summed E-state index contributed by atoms with van der Waals surface area (Å²) < 4.78 is 0. The van der Waals surface area contributed by atoms with Crippen molar-refractivity contribution in [3.05, 3.63) is 0 Å². The molecular weight excluding hydrogens is 260 g/mol. The highest BCUT2D eigenvalue weighted by atomic mass is 16.4. The van der Waals surface area contributed by atoms with Crippen molar-refractivity contribution >= 4 is 17.8 Å². The van der Waals surface area contributed by atoms with Crippen LogP contribution in [0.25, 0.3) is 0 Å². The van der Waals surface area contributed by atoms with Crippen LogP contribution in [0.1, 0.15) is 33.6 Å². The maximum Gasteiger partial charge on any atom is 0.309 e. The molecule has 1 aliphatic rings. The highest BCUT2D eigenvalue weighted by molar-refractivity contribution is 5.87. The Labute approximate surface area is 119 Å². The van der Waals surface area contributed by atoms with Gasteiger partial charge in [0, 0.05) is 20.0 Å². The van der Waals surface area contributed by atoms with Crippen LogP contribution in [-0.4, -0.2) is 48.4 Å². The van der Waals surface area contributed by atoms with Gasteiger partial charge in [0.25, 0.3) is 0 Å². The minimum Gasteiger partial charge on any atom is -0.481 e. The van der Waals surface area contributed by atoms with Gasteiger partial charge in [-0.2, -0.15) is 0 Å². The minimum atomic E-state index is -0.916. The van der Waals surface area contributed by atoms with Crippen molar-refractivity contribution in [1.29, 1.82) is 0 Å². The Balaban J connectivity index is 2.76. The van der Waals surface area contributed by atoms with Crippen LogP contribution in [-0.2, 0) is 14.4 Å². The van der Waals surface area contributed by atoms with E-state index < -0.39 is 22.7 Å². The van der Waals surface area contributed by atoms with E-state index in [1.165, 1.54) is 4.90 Å². The Morgan fingerprint density at radius 2 is 1.80 bits per heavy atom. The van der Waals surface area contributed by atoms with Crippen LogP contribution in [0.4, 0.5) is 0 Å². The summed E-state index contributed by atoms with van der Waals surface area (Å²) in [5, 5.41) is 12.0. The number of aliphatic carboxylic acids is 1. The van der Waals surface area contributed by atoms with Crippen LogP contribution in [0.5, 0.6) is 0 Å². The van der Waals surface area contributed by atoms with Gasteiger partial charge in [-0.15, -0.1) is 0 Å². The van der Waals surface area contributed by atoms with Gasteiger partial charge in [0.05, 0.1) is 12.0 Å². The third-order valence-electron chi connectivity index (χ3n) is 4.93. The lowest BCUT2D eigenvalue weighted by molar-refractivity contribution is -0.155. The van der Waals surface area contributed by atoms with Gasteiger partial charge in [0.15, 0.2) is 0 Å². The highest BCUT2D eigenvalue weighted by Crippen LogP contribution is 2.56. The van der Waals surface area contributed by atoms with Crippen molar-refractivity contribution in [3.63, 3.8) is 0 Å². The first-order valence-corrected chi connectivity index (χ1v) is 6.75. The van der Waals surface area contributed by atoms with Crippen molar-refractivity contribution in [2.24, 2.45) is 16.7 Å². The van der Waals surface area contributed by atoms with Crippen LogP contribution < -0.4 is 5.32 Å². The van der Waals surface area contributed by atoms with E-state index in [0.717, 1.165) is 0 Å². The number of rotatable bonds is 4. The number of carbonyl (C=O) groups excluding carboxylic acids is 2. The van der Waals surface area contributed by atoms with Gasteiger partial charge >= 0.3 is 5.97 Å². The van der Waals surface area contributed by atoms with Gasteiger partial charge < -0.3 is 15.3 Å². The van der Waals surface area contributed by atoms with Gasteiger partial charge in [-0.25, -0.2) is 0 Å². The van der Waals surface area contributed by atoms with Gasteiger partial charge in [-0.1, -0.05) is 13.8 Å². The number of amides is 2. The number of carboxylic acids is 1. The van der Waals surface area contributed by atoms with Gasteiger partial charge in [-0.05, 0) is 25.2 Å². The van der Waals surface area contributed by atoms with E-state index in [1.54, 1.807) is 21.0 Å². The van der Waals surface area contributed by atoms with E-state index in [1.807, 2.05) is 13.8 Å². The van der Waals surface area contributed by atoms with Crippen molar-refractivity contribution < 1.29 is 19.5 Å². The first kappa shape index (κ1) is 16.5. The molecule has 1 rings (SSSR count). The predicted octanol–water partition coefficient (Wildman–Crippen LogP) is 0.718. The second kappa shape index (κ2) is 5.42. The quantitative estimate of drug-likeness (QED) is 0.796. The summed E-state index contributed by atoms with van der Waals surface area (Å²) in [6, 6.07) is 0. The molecule has 0 aromatic carbocycles. The van der Waals surface area contributed by atoms with Crippen molar-refractivity contribution in [2.75, 3.05) is 20.6 Å². The first-order valence-electron chi connectivity index (χ1n) is 6.75. The van der Waals surface area contributed by atoms with Crippen LogP contribution in [0.2, 0.25) is 0 Å². The molecule has 0 aromatic heterocycles. The molecule has 0 radical (unpaired) electrons. The summed E-state index contributed by atoms with van der Waals surface area (Å²) in [5.41, 5.74) is -1.56. The standard InChI is InChI=1S/C14H24N2O4/c1-13(2)9(6-7-14(13,3)12(19)20)11(18)15-8-10(17)16(4)5/h9H,6-8H2,1-5H3,(H,15,18)(H,19,20)/t9-,14+/m1/s1. The molecule has 114 valence electrons. The molecule has 0 heterocycles. The van der Waals surface area contributed by atoms with E-state index in [9.17, 15) is 19.5 Å². The Kier molecular flexibility index (Phi) is 4.46. The number of nitrogens with one attached hydrogen (secondary N) is 1. The van der Waals surface area contributed by atoms with Crippen LogP contribution in [0, 0.1) is 16.7 Å². The van der Waals surface area contributed by atoms with Crippen molar-refractivity contribution in [3.8, 4) is 0 Å². The number of carboxylic acid groups (broad SMARTS) is 1. The molecule has 0 unspecified atom stereocenters.